The van der Waals surface area contributed by atoms with E-state index in [9.17, 15) is 15.3 Å². The Hall–Kier alpha value is 0.372. The first-order valence-electron chi connectivity index (χ1n) is 5.99. The molecule has 0 aliphatic heterocycles. The summed E-state index contributed by atoms with van der Waals surface area (Å²) in [6.45, 7) is 6.32. The van der Waals surface area contributed by atoms with Gasteiger partial charge in [-0.2, -0.15) is 0 Å². The summed E-state index contributed by atoms with van der Waals surface area (Å²) in [7, 11) is 0. The average Bonchev–Trinajstić information content (AvgIpc) is 2.23. The second-order valence-corrected chi connectivity index (χ2v) is 3.17. The Morgan fingerprint density at radius 3 is 0.765 bits per heavy atom. The van der Waals surface area contributed by atoms with E-state index in [-0.39, 0.29) is 43.3 Å². The fraction of sp³-hybridized carbons (Fsp3) is 1.00. The van der Waals surface area contributed by atoms with Crippen LogP contribution in [-0.2, 0) is 0 Å². The van der Waals surface area contributed by atoms with Gasteiger partial charge in [0.05, 0.1) is 0 Å². The molecule has 0 rings (SSSR count). The van der Waals surface area contributed by atoms with Gasteiger partial charge in [0, 0.05) is 0 Å². The molecule has 0 amide bonds. The quantitative estimate of drug-likeness (QED) is 0.692. The van der Waals surface area contributed by atoms with Crippen LogP contribution < -0.4 is 21.5 Å². The third kappa shape index (κ3) is 83.3. The summed E-state index contributed by atoms with van der Waals surface area (Å²) in [4.78, 5) is 0. The molecule has 0 saturated heterocycles. The molecule has 0 aromatic rings. The number of rotatable bonds is 6. The molecule has 0 unspecified atom stereocenters. The van der Waals surface area contributed by atoms with E-state index in [1.54, 1.807) is 0 Å². The van der Waals surface area contributed by atoms with E-state index in [0.29, 0.717) is 0 Å². The van der Waals surface area contributed by atoms with Gasteiger partial charge in [0.1, 0.15) is 0 Å². The van der Waals surface area contributed by atoms with Crippen LogP contribution in [-0.4, -0.2) is 37.2 Å². The van der Waals surface area contributed by atoms with Crippen LogP contribution in [0.4, 0.5) is 0 Å². The largest absolute Gasteiger partial charge is 3.00 e. The van der Waals surface area contributed by atoms with Crippen LogP contribution in [0.15, 0.2) is 0 Å². The van der Waals surface area contributed by atoms with E-state index in [4.69, 9.17) is 0 Å². The molecule has 17 heavy (non-hydrogen) atoms. The van der Waals surface area contributed by atoms with Crippen LogP contribution in [0.2, 0.25) is 0 Å². The van der Waals surface area contributed by atoms with Crippen molar-refractivity contribution in [1.82, 2.24) is 6.15 Å². The van der Waals surface area contributed by atoms with Crippen LogP contribution >= 0.6 is 0 Å². The second kappa shape index (κ2) is 44.0. The third-order valence-electron chi connectivity index (χ3n) is 1.49. The number of hydrogen-bond donors (Lipinski definition) is 1. The van der Waals surface area contributed by atoms with Gasteiger partial charge in [-0.05, 0) is 0 Å². The van der Waals surface area contributed by atoms with Crippen molar-refractivity contribution in [3.63, 3.8) is 0 Å². The fourth-order valence-corrected chi connectivity index (χ4v) is 0.433. The minimum atomic E-state index is 0. The molecule has 0 heterocycles. The van der Waals surface area contributed by atoms with E-state index >= 15 is 0 Å². The molecular formula is C12H30AlNO3. The van der Waals surface area contributed by atoms with Gasteiger partial charge < -0.3 is 21.5 Å². The smallest absolute Gasteiger partial charge is 0.854 e. The average molecular weight is 263 g/mol. The zero-order valence-electron chi connectivity index (χ0n) is 11.9. The Bertz CT molecular complexity index is 58.5. The van der Waals surface area contributed by atoms with Crippen LogP contribution in [0.1, 0.15) is 59.3 Å². The predicted octanol–water partition coefficient (Wildman–Crippen LogP) is 0.222. The van der Waals surface area contributed by atoms with Crippen molar-refractivity contribution in [3.05, 3.63) is 0 Å². The molecule has 3 N–H and O–H groups in total. The minimum Gasteiger partial charge on any atom is -0.854 e. The Morgan fingerprint density at radius 1 is 0.588 bits per heavy atom. The Balaban J connectivity index is -0.0000000400. The number of unbranched alkanes of at least 4 members (excludes halogenated alkanes) is 3. The Kier molecular flexibility index (Phi) is 78.8. The molecule has 0 spiro atoms. The molecule has 0 aromatic heterocycles. The molecular weight excluding hydrogens is 233 g/mol. The van der Waals surface area contributed by atoms with E-state index in [1.165, 1.54) is 0 Å². The van der Waals surface area contributed by atoms with Crippen LogP contribution in [0.5, 0.6) is 0 Å². The summed E-state index contributed by atoms with van der Waals surface area (Å²) < 4.78 is 0. The van der Waals surface area contributed by atoms with Gasteiger partial charge in [-0.25, -0.2) is 0 Å². The van der Waals surface area contributed by atoms with Crippen molar-refractivity contribution < 1.29 is 15.3 Å². The van der Waals surface area contributed by atoms with Gasteiger partial charge >= 0.3 is 17.4 Å². The zero-order valence-corrected chi connectivity index (χ0v) is 13.0. The van der Waals surface area contributed by atoms with Crippen molar-refractivity contribution in [2.45, 2.75) is 59.3 Å². The second-order valence-electron chi connectivity index (χ2n) is 3.17. The summed E-state index contributed by atoms with van der Waals surface area (Å²) in [5.74, 6) is 0. The van der Waals surface area contributed by atoms with Gasteiger partial charge in [0.2, 0.25) is 0 Å². The molecule has 0 bridgehead atoms. The molecule has 5 heteroatoms. The Labute approximate surface area is 118 Å². The first-order chi connectivity index (χ1) is 7.24. The third-order valence-corrected chi connectivity index (χ3v) is 1.49. The van der Waals surface area contributed by atoms with Crippen LogP contribution in [0, 0.1) is 0 Å². The summed E-state index contributed by atoms with van der Waals surface area (Å²) >= 11 is 0. The molecule has 4 nitrogen and oxygen atoms in total. The standard InChI is InChI=1S/3C4H9O.Al.H3N/c3*1-2-3-4-5;;/h3*2-4H2,1H3;;1H3/q3*-1;+3;. The van der Waals surface area contributed by atoms with E-state index in [0.717, 1.165) is 38.5 Å². The monoisotopic (exact) mass is 263 g/mol. The topological polar surface area (TPSA) is 104 Å². The molecule has 0 aromatic carbocycles. The fourth-order valence-electron chi connectivity index (χ4n) is 0.433. The van der Waals surface area contributed by atoms with Gasteiger partial charge in [-0.1, -0.05) is 59.3 Å². The summed E-state index contributed by atoms with van der Waals surface area (Å²) in [5.41, 5.74) is 0. The summed E-state index contributed by atoms with van der Waals surface area (Å²) in [5, 5.41) is 28.6. The summed E-state index contributed by atoms with van der Waals surface area (Å²) in [6.07, 6.45) is 5.59. The van der Waals surface area contributed by atoms with Crippen LogP contribution in [0.3, 0.4) is 0 Å². The molecule has 0 saturated carbocycles. The Morgan fingerprint density at radius 2 is 0.765 bits per heavy atom. The maximum Gasteiger partial charge on any atom is 3.00 e. The van der Waals surface area contributed by atoms with E-state index in [2.05, 4.69) is 0 Å². The van der Waals surface area contributed by atoms with E-state index in [1.807, 2.05) is 20.8 Å². The van der Waals surface area contributed by atoms with Crippen molar-refractivity contribution >= 4 is 17.4 Å². The maximum absolute atomic E-state index is 9.53. The van der Waals surface area contributed by atoms with Crippen molar-refractivity contribution in [1.29, 1.82) is 0 Å². The maximum atomic E-state index is 9.53. The van der Waals surface area contributed by atoms with Gasteiger partial charge in [0.15, 0.2) is 0 Å². The van der Waals surface area contributed by atoms with Gasteiger partial charge in [-0.15, -0.1) is 19.8 Å². The normalized spacial score (nSPS) is 7.41. The van der Waals surface area contributed by atoms with Crippen molar-refractivity contribution in [2.75, 3.05) is 19.8 Å². The molecule has 0 aliphatic carbocycles. The predicted molar refractivity (Wildman–Crippen MR) is 70.1 cm³/mol. The van der Waals surface area contributed by atoms with E-state index < -0.39 is 0 Å². The summed E-state index contributed by atoms with van der Waals surface area (Å²) in [6, 6.07) is 0. The minimum absolute atomic E-state index is 0. The zero-order chi connectivity index (χ0) is 12.4. The first-order valence-corrected chi connectivity index (χ1v) is 5.99. The first kappa shape index (κ1) is 30.4. The molecule has 104 valence electrons. The number of hydrogen-bond acceptors (Lipinski definition) is 4. The molecule has 0 fully saturated rings. The van der Waals surface area contributed by atoms with Gasteiger partial charge in [-0.3, -0.25) is 0 Å². The van der Waals surface area contributed by atoms with Crippen molar-refractivity contribution in [2.24, 2.45) is 0 Å². The molecule has 0 atom stereocenters. The molecule has 0 radical (unpaired) electrons. The van der Waals surface area contributed by atoms with Gasteiger partial charge in [0.25, 0.3) is 0 Å². The SMILES string of the molecule is CCCC[O-].CCCC[O-].CCCC[O-].N.[Al+3]. The van der Waals surface area contributed by atoms with Crippen molar-refractivity contribution in [3.8, 4) is 0 Å². The van der Waals surface area contributed by atoms with Crippen LogP contribution in [0.25, 0.3) is 0 Å². The molecule has 0 aliphatic rings.